The molecule has 0 aliphatic carbocycles. The van der Waals surface area contributed by atoms with Crippen molar-refractivity contribution >= 4 is 33.9 Å². The number of rotatable bonds is 4. The molecule has 5 nitrogen and oxygen atoms in total. The van der Waals surface area contributed by atoms with E-state index in [-0.39, 0.29) is 5.69 Å². The number of aromatic nitrogens is 1. The molecule has 0 aliphatic heterocycles. The van der Waals surface area contributed by atoms with E-state index in [1.165, 1.54) is 24.5 Å². The number of halogens is 2. The van der Waals surface area contributed by atoms with Gasteiger partial charge in [0.05, 0.1) is 25.9 Å². The minimum Gasteiger partial charge on any atom is -0.365 e. The molecule has 3 rings (SSSR count). The second-order valence-corrected chi connectivity index (χ2v) is 7.42. The molecular formula is C18H11F2N3O2S2. The van der Waals surface area contributed by atoms with Crippen LogP contribution in [-0.2, 0) is 11.0 Å². The summed E-state index contributed by atoms with van der Waals surface area (Å²) in [5, 5.41) is 0. The summed E-state index contributed by atoms with van der Waals surface area (Å²) in [7, 11) is -1.77. The molecule has 1 aromatic carbocycles. The fraction of sp³-hybridized carbons (Fsp3) is 0. The van der Waals surface area contributed by atoms with Crippen molar-refractivity contribution in [3.05, 3.63) is 75.7 Å². The lowest BCUT2D eigenvalue weighted by atomic mass is 10.1. The van der Waals surface area contributed by atoms with Crippen molar-refractivity contribution in [1.29, 1.82) is 0 Å². The number of nitrogens with zero attached hydrogens (tertiary/aromatic N) is 1. The van der Waals surface area contributed by atoms with Gasteiger partial charge in [0, 0.05) is 12.4 Å². The normalized spacial score (nSPS) is 11.3. The Morgan fingerprint density at radius 2 is 2.00 bits per heavy atom. The number of nitrogens with one attached hydrogen (secondary N) is 1. The quantitative estimate of drug-likeness (QED) is 0.657. The zero-order valence-electron chi connectivity index (χ0n) is 13.5. The zero-order chi connectivity index (χ0) is 19.4. The van der Waals surface area contributed by atoms with Gasteiger partial charge in [0.2, 0.25) is 0 Å². The fourth-order valence-corrected chi connectivity index (χ4v) is 3.57. The molecule has 27 heavy (non-hydrogen) atoms. The lowest BCUT2D eigenvalue weighted by molar-refractivity contribution is 0.100. The van der Waals surface area contributed by atoms with E-state index in [0.717, 1.165) is 23.5 Å². The highest BCUT2D eigenvalue weighted by Gasteiger charge is 2.14. The van der Waals surface area contributed by atoms with Crippen molar-refractivity contribution in [2.24, 2.45) is 5.73 Å². The SMILES string of the molecule is NC(=O)c1ccc(C#Cc2c(F)ccc(NS(=O)c3cccnc3)c2F)s1. The van der Waals surface area contributed by atoms with Gasteiger partial charge in [-0.15, -0.1) is 11.3 Å². The third-order valence-electron chi connectivity index (χ3n) is 3.30. The van der Waals surface area contributed by atoms with Crippen LogP contribution in [0.4, 0.5) is 14.5 Å². The molecule has 2 heterocycles. The molecule has 3 aromatic rings. The van der Waals surface area contributed by atoms with E-state index >= 15 is 0 Å². The van der Waals surface area contributed by atoms with Crippen LogP contribution in [0.5, 0.6) is 0 Å². The maximum Gasteiger partial charge on any atom is 0.258 e. The summed E-state index contributed by atoms with van der Waals surface area (Å²) < 4.78 is 43.3. The molecule has 3 N–H and O–H groups in total. The summed E-state index contributed by atoms with van der Waals surface area (Å²) in [6.45, 7) is 0. The van der Waals surface area contributed by atoms with Crippen molar-refractivity contribution in [2.75, 3.05) is 4.72 Å². The van der Waals surface area contributed by atoms with Crippen LogP contribution in [0.3, 0.4) is 0 Å². The number of anilines is 1. The Morgan fingerprint density at radius 1 is 1.19 bits per heavy atom. The lowest BCUT2D eigenvalue weighted by Crippen LogP contribution is -2.08. The monoisotopic (exact) mass is 403 g/mol. The van der Waals surface area contributed by atoms with E-state index in [1.54, 1.807) is 12.1 Å². The number of hydrogen-bond acceptors (Lipinski definition) is 4. The first-order valence-corrected chi connectivity index (χ1v) is 9.40. The molecule has 2 aromatic heterocycles. The fourth-order valence-electron chi connectivity index (χ4n) is 2.02. The molecule has 9 heteroatoms. The summed E-state index contributed by atoms with van der Waals surface area (Å²) in [6, 6.07) is 8.34. The van der Waals surface area contributed by atoms with Gasteiger partial charge in [0.1, 0.15) is 5.82 Å². The first-order chi connectivity index (χ1) is 13.0. The van der Waals surface area contributed by atoms with Gasteiger partial charge < -0.3 is 5.73 Å². The van der Waals surface area contributed by atoms with E-state index in [1.807, 2.05) is 0 Å². The van der Waals surface area contributed by atoms with Gasteiger partial charge in [-0.05, 0) is 36.4 Å². The molecule has 0 saturated carbocycles. The smallest absolute Gasteiger partial charge is 0.258 e. The second-order valence-electron chi connectivity index (χ2n) is 5.12. The predicted molar refractivity (Wildman–Crippen MR) is 99.4 cm³/mol. The number of nitrogens with two attached hydrogens (primary N) is 1. The van der Waals surface area contributed by atoms with Crippen LogP contribution < -0.4 is 10.5 Å². The Bertz CT molecular complexity index is 1090. The number of pyridine rings is 1. The summed E-state index contributed by atoms with van der Waals surface area (Å²) >= 11 is 1.02. The summed E-state index contributed by atoms with van der Waals surface area (Å²) in [5.41, 5.74) is 4.52. The third kappa shape index (κ3) is 4.36. The highest BCUT2D eigenvalue weighted by molar-refractivity contribution is 7.86. The van der Waals surface area contributed by atoms with Gasteiger partial charge in [-0.3, -0.25) is 14.5 Å². The van der Waals surface area contributed by atoms with E-state index < -0.39 is 34.1 Å². The van der Waals surface area contributed by atoms with Crippen LogP contribution in [0.15, 0.2) is 53.7 Å². The molecule has 1 amide bonds. The van der Waals surface area contributed by atoms with E-state index in [9.17, 15) is 17.8 Å². The highest BCUT2D eigenvalue weighted by Crippen LogP contribution is 2.23. The van der Waals surface area contributed by atoms with E-state index in [4.69, 9.17) is 5.73 Å². The molecule has 1 atom stereocenters. The van der Waals surface area contributed by atoms with Crippen LogP contribution >= 0.6 is 11.3 Å². The van der Waals surface area contributed by atoms with E-state index in [0.29, 0.717) is 14.6 Å². The summed E-state index contributed by atoms with van der Waals surface area (Å²) in [6.07, 6.45) is 2.89. The first-order valence-electron chi connectivity index (χ1n) is 7.44. The summed E-state index contributed by atoms with van der Waals surface area (Å²) in [5.74, 6) is 2.58. The molecular weight excluding hydrogens is 392 g/mol. The predicted octanol–water partition coefficient (Wildman–Crippen LogP) is 3.05. The second kappa shape index (κ2) is 8.07. The molecule has 1 unspecified atom stereocenters. The number of carbonyl (C=O) groups excluding carboxylic acids is 1. The number of carbonyl (C=O) groups is 1. The lowest BCUT2D eigenvalue weighted by Gasteiger charge is -2.08. The number of thiophene rings is 1. The Labute approximate surface area is 159 Å². The maximum absolute atomic E-state index is 14.6. The minimum atomic E-state index is -1.77. The van der Waals surface area contributed by atoms with Crippen LogP contribution in [-0.4, -0.2) is 15.1 Å². The summed E-state index contributed by atoms with van der Waals surface area (Å²) in [4.78, 5) is 16.0. The average Bonchev–Trinajstić information content (AvgIpc) is 3.14. The minimum absolute atomic E-state index is 0.160. The Balaban J connectivity index is 1.89. The van der Waals surface area contributed by atoms with Crippen molar-refractivity contribution < 1.29 is 17.8 Å². The van der Waals surface area contributed by atoms with Crippen LogP contribution in [0.1, 0.15) is 20.1 Å². The van der Waals surface area contributed by atoms with Gasteiger partial charge >= 0.3 is 0 Å². The van der Waals surface area contributed by atoms with Crippen molar-refractivity contribution in [3.8, 4) is 11.8 Å². The van der Waals surface area contributed by atoms with Gasteiger partial charge in [-0.2, -0.15) is 0 Å². The number of amides is 1. The number of hydrogen-bond donors (Lipinski definition) is 2. The Kier molecular flexibility index (Phi) is 5.59. The topological polar surface area (TPSA) is 85.1 Å². The largest absolute Gasteiger partial charge is 0.365 e. The molecule has 0 bridgehead atoms. The van der Waals surface area contributed by atoms with Gasteiger partial charge in [0.25, 0.3) is 5.91 Å². The average molecular weight is 403 g/mol. The van der Waals surface area contributed by atoms with Crippen LogP contribution in [0, 0.1) is 23.5 Å². The molecule has 0 aliphatic rings. The molecule has 136 valence electrons. The first kappa shape index (κ1) is 18.7. The van der Waals surface area contributed by atoms with Crippen molar-refractivity contribution in [3.63, 3.8) is 0 Å². The standard InChI is InChI=1S/C18H11F2N3O2S2/c19-14-6-7-15(23-27(25)12-2-1-9-22-10-12)17(20)13(14)5-3-11-4-8-16(26-11)18(21)24/h1-2,4,6-10,23H,(H2,21,24). The molecule has 0 radical (unpaired) electrons. The molecule has 0 spiro atoms. The zero-order valence-corrected chi connectivity index (χ0v) is 15.2. The highest BCUT2D eigenvalue weighted by atomic mass is 32.2. The van der Waals surface area contributed by atoms with Crippen LogP contribution in [0.2, 0.25) is 0 Å². The third-order valence-corrected chi connectivity index (χ3v) is 5.39. The van der Waals surface area contributed by atoms with Gasteiger partial charge in [-0.1, -0.05) is 11.8 Å². The van der Waals surface area contributed by atoms with E-state index in [2.05, 4.69) is 21.5 Å². The molecule has 0 saturated heterocycles. The van der Waals surface area contributed by atoms with Gasteiger partial charge in [-0.25, -0.2) is 13.0 Å². The van der Waals surface area contributed by atoms with Gasteiger partial charge in [0.15, 0.2) is 16.8 Å². The Morgan fingerprint density at radius 3 is 2.67 bits per heavy atom. The van der Waals surface area contributed by atoms with Crippen molar-refractivity contribution in [1.82, 2.24) is 4.98 Å². The number of primary amides is 1. The van der Waals surface area contributed by atoms with Crippen molar-refractivity contribution in [2.45, 2.75) is 4.90 Å². The molecule has 0 fully saturated rings. The maximum atomic E-state index is 14.6. The number of benzene rings is 1. The Hall–Kier alpha value is -3.09. The van der Waals surface area contributed by atoms with Crippen LogP contribution in [0.25, 0.3) is 0 Å².